The molecule has 0 unspecified atom stereocenters. The van der Waals surface area contributed by atoms with Crippen LogP contribution in [-0.2, 0) is 19.9 Å². The smallest absolute Gasteiger partial charge is 0.258 e. The molecular formula is C8H11ClN2O6S3. The van der Waals surface area contributed by atoms with Gasteiger partial charge in [-0.25, -0.2) is 16.8 Å². The van der Waals surface area contributed by atoms with Crippen LogP contribution in [0.25, 0.3) is 0 Å². The number of halogens is 1. The first kappa shape index (κ1) is 17.3. The highest BCUT2D eigenvalue weighted by atomic mass is 35.5. The standard InChI is InChI=1S/C8H11ClN2O6S3/c1-10(3-4-19(2,14)15)20(16,17)7-5-6(11(12)13)8(9)18-7/h5H,3-4H2,1-2H3. The molecule has 114 valence electrons. The van der Waals surface area contributed by atoms with Crippen molar-refractivity contribution in [3.8, 4) is 0 Å². The second-order valence-corrected chi connectivity index (χ2v) is 10.1. The molecule has 1 rings (SSSR count). The van der Waals surface area contributed by atoms with Crippen LogP contribution in [0.2, 0.25) is 4.34 Å². The van der Waals surface area contributed by atoms with E-state index in [4.69, 9.17) is 11.6 Å². The van der Waals surface area contributed by atoms with Gasteiger partial charge in [-0.1, -0.05) is 11.6 Å². The molecule has 0 N–H and O–H groups in total. The molecule has 20 heavy (non-hydrogen) atoms. The van der Waals surface area contributed by atoms with Gasteiger partial charge in [0.05, 0.1) is 10.7 Å². The lowest BCUT2D eigenvalue weighted by atomic mass is 10.6. The molecule has 0 radical (unpaired) electrons. The van der Waals surface area contributed by atoms with Crippen molar-refractivity contribution in [2.24, 2.45) is 0 Å². The van der Waals surface area contributed by atoms with Gasteiger partial charge in [0.1, 0.15) is 14.0 Å². The molecule has 0 saturated heterocycles. The number of sulfone groups is 1. The number of sulfonamides is 1. The molecule has 0 saturated carbocycles. The van der Waals surface area contributed by atoms with E-state index >= 15 is 0 Å². The molecule has 0 amide bonds. The Hall–Kier alpha value is -0.750. The van der Waals surface area contributed by atoms with Gasteiger partial charge >= 0.3 is 0 Å². The van der Waals surface area contributed by atoms with E-state index < -0.39 is 30.5 Å². The highest BCUT2D eigenvalue weighted by Gasteiger charge is 2.28. The van der Waals surface area contributed by atoms with Gasteiger partial charge in [0.2, 0.25) is 0 Å². The average Bonchev–Trinajstić information content (AvgIpc) is 2.67. The molecule has 0 spiro atoms. The van der Waals surface area contributed by atoms with Gasteiger partial charge in [-0.2, -0.15) is 4.31 Å². The Morgan fingerprint density at radius 3 is 2.35 bits per heavy atom. The van der Waals surface area contributed by atoms with Crippen LogP contribution in [0.4, 0.5) is 5.69 Å². The predicted molar refractivity (Wildman–Crippen MR) is 75.5 cm³/mol. The third-order valence-corrected chi connectivity index (χ3v) is 6.85. The Morgan fingerprint density at radius 2 is 1.95 bits per heavy atom. The van der Waals surface area contributed by atoms with Crippen molar-refractivity contribution in [2.45, 2.75) is 4.21 Å². The molecule has 1 aromatic heterocycles. The second-order valence-electron chi connectivity index (χ2n) is 3.94. The van der Waals surface area contributed by atoms with Crippen LogP contribution < -0.4 is 0 Å². The van der Waals surface area contributed by atoms with Gasteiger partial charge in [-0.05, 0) is 0 Å². The number of nitrogens with zero attached hydrogens (tertiary/aromatic N) is 2. The fraction of sp³-hybridized carbons (Fsp3) is 0.500. The first-order valence-corrected chi connectivity index (χ1v) is 9.72. The average molecular weight is 363 g/mol. The topological polar surface area (TPSA) is 115 Å². The van der Waals surface area contributed by atoms with Crippen LogP contribution in [0, 0.1) is 10.1 Å². The van der Waals surface area contributed by atoms with E-state index in [1.807, 2.05) is 0 Å². The van der Waals surface area contributed by atoms with Crippen molar-refractivity contribution in [1.29, 1.82) is 0 Å². The summed E-state index contributed by atoms with van der Waals surface area (Å²) in [7, 11) is -6.12. The minimum absolute atomic E-state index is 0.245. The van der Waals surface area contributed by atoms with Crippen molar-refractivity contribution >= 4 is 48.5 Å². The summed E-state index contributed by atoms with van der Waals surface area (Å²) in [6.45, 7) is -0.246. The summed E-state index contributed by atoms with van der Waals surface area (Å²) in [5.74, 6) is -0.343. The van der Waals surface area contributed by atoms with Gasteiger partial charge in [0, 0.05) is 25.9 Å². The Morgan fingerprint density at radius 1 is 1.40 bits per heavy atom. The highest BCUT2D eigenvalue weighted by Crippen LogP contribution is 2.37. The molecule has 8 nitrogen and oxygen atoms in total. The molecule has 1 heterocycles. The third-order valence-electron chi connectivity index (χ3n) is 2.28. The Labute approximate surface area is 125 Å². The number of hydrogen-bond acceptors (Lipinski definition) is 7. The fourth-order valence-corrected chi connectivity index (χ4v) is 4.93. The molecule has 0 aliphatic heterocycles. The zero-order valence-corrected chi connectivity index (χ0v) is 13.6. The summed E-state index contributed by atoms with van der Waals surface area (Å²) >= 11 is 6.15. The molecule has 0 aromatic carbocycles. The first-order valence-electron chi connectivity index (χ1n) is 5.03. The monoisotopic (exact) mass is 362 g/mol. The van der Waals surface area contributed by atoms with Crippen molar-refractivity contribution in [3.05, 3.63) is 20.5 Å². The maximum Gasteiger partial charge on any atom is 0.300 e. The normalized spacial score (nSPS) is 12.8. The molecule has 12 heteroatoms. The van der Waals surface area contributed by atoms with Gasteiger partial charge in [0.15, 0.2) is 4.34 Å². The van der Waals surface area contributed by atoms with Gasteiger partial charge in [-0.15, -0.1) is 11.3 Å². The Balaban J connectivity index is 3.05. The zero-order valence-electron chi connectivity index (χ0n) is 10.4. The summed E-state index contributed by atoms with van der Waals surface area (Å²) in [5.41, 5.74) is -0.494. The van der Waals surface area contributed by atoms with Crippen molar-refractivity contribution in [2.75, 3.05) is 25.6 Å². The number of hydrogen-bond donors (Lipinski definition) is 0. The van der Waals surface area contributed by atoms with Gasteiger partial charge in [0.25, 0.3) is 15.7 Å². The van der Waals surface area contributed by atoms with Gasteiger partial charge < -0.3 is 0 Å². The summed E-state index contributed by atoms with van der Waals surface area (Å²) in [4.78, 5) is 9.85. The van der Waals surface area contributed by atoms with Crippen LogP contribution >= 0.6 is 22.9 Å². The lowest BCUT2D eigenvalue weighted by Crippen LogP contribution is -2.31. The maximum atomic E-state index is 12.1. The highest BCUT2D eigenvalue weighted by molar-refractivity contribution is 7.92. The molecule has 0 fully saturated rings. The van der Waals surface area contributed by atoms with Crippen LogP contribution in [0.5, 0.6) is 0 Å². The predicted octanol–water partition coefficient (Wildman–Crippen LogP) is 0.975. The maximum absolute atomic E-state index is 12.1. The molecule has 0 aliphatic carbocycles. The van der Waals surface area contributed by atoms with Crippen LogP contribution in [0.15, 0.2) is 10.3 Å². The van der Waals surface area contributed by atoms with Crippen LogP contribution in [-0.4, -0.2) is 51.7 Å². The van der Waals surface area contributed by atoms with E-state index in [9.17, 15) is 26.9 Å². The van der Waals surface area contributed by atoms with Gasteiger partial charge in [-0.3, -0.25) is 10.1 Å². The van der Waals surface area contributed by atoms with Crippen molar-refractivity contribution < 1.29 is 21.8 Å². The molecular weight excluding hydrogens is 352 g/mol. The third kappa shape index (κ3) is 4.12. The van der Waals surface area contributed by atoms with Crippen molar-refractivity contribution in [1.82, 2.24) is 4.31 Å². The largest absolute Gasteiger partial charge is 0.300 e. The molecule has 0 bridgehead atoms. The first-order chi connectivity index (χ1) is 8.95. The van der Waals surface area contributed by atoms with Crippen LogP contribution in [0.3, 0.4) is 0 Å². The minimum Gasteiger partial charge on any atom is -0.258 e. The lowest BCUT2D eigenvalue weighted by Gasteiger charge is -2.14. The van der Waals surface area contributed by atoms with E-state index in [0.29, 0.717) is 11.3 Å². The summed E-state index contributed by atoms with van der Waals surface area (Å²) < 4.78 is 46.5. The fourth-order valence-electron chi connectivity index (χ4n) is 1.16. The summed E-state index contributed by atoms with van der Waals surface area (Å²) in [5, 5.41) is 10.6. The van der Waals surface area contributed by atoms with Crippen molar-refractivity contribution in [3.63, 3.8) is 0 Å². The quantitative estimate of drug-likeness (QED) is 0.550. The zero-order chi connectivity index (χ0) is 15.7. The summed E-state index contributed by atoms with van der Waals surface area (Å²) in [6.07, 6.45) is 0.986. The second kappa shape index (κ2) is 5.93. The van der Waals surface area contributed by atoms with E-state index in [-0.39, 0.29) is 20.8 Å². The minimum atomic E-state index is -4.00. The molecule has 1 aromatic rings. The Bertz CT molecular complexity index is 723. The number of nitro groups is 1. The molecule has 0 aliphatic rings. The summed E-state index contributed by atoms with van der Waals surface area (Å²) in [6, 6.07) is 0.860. The van der Waals surface area contributed by atoms with E-state index in [0.717, 1.165) is 16.6 Å². The molecule has 0 atom stereocenters. The number of thiophene rings is 1. The Kier molecular flexibility index (Phi) is 5.13. The van der Waals surface area contributed by atoms with E-state index in [2.05, 4.69) is 0 Å². The van der Waals surface area contributed by atoms with Crippen LogP contribution in [0.1, 0.15) is 0 Å². The van der Waals surface area contributed by atoms with E-state index in [1.54, 1.807) is 0 Å². The number of rotatable bonds is 6. The van der Waals surface area contributed by atoms with E-state index in [1.165, 1.54) is 7.05 Å². The lowest BCUT2D eigenvalue weighted by molar-refractivity contribution is -0.384. The SMILES string of the molecule is CN(CCS(C)(=O)=O)S(=O)(=O)c1cc([N+](=O)[O-])c(Cl)s1.